The number of nitrogens with zero attached hydrogens (tertiary/aromatic N) is 3. The first kappa shape index (κ1) is 18.4. The van der Waals surface area contributed by atoms with Crippen LogP contribution in [0.2, 0.25) is 0 Å². The molecule has 7 N–H and O–H groups in total. The van der Waals surface area contributed by atoms with Gasteiger partial charge >= 0.3 is 0 Å². The fourth-order valence-corrected chi connectivity index (χ4v) is 3.40. The Morgan fingerprint density at radius 1 is 1.04 bits per heavy atom. The van der Waals surface area contributed by atoms with Crippen LogP contribution in [0, 0.1) is 5.82 Å². The Bertz CT molecular complexity index is 838. The minimum absolute atomic E-state index is 0.229. The molecule has 1 aliphatic carbocycles. The van der Waals surface area contributed by atoms with E-state index in [0.717, 1.165) is 48.3 Å². The van der Waals surface area contributed by atoms with E-state index in [1.54, 1.807) is 18.5 Å². The molecule has 1 aromatic carbocycles. The molecular weight excluding hydrogens is 333 g/mol. The van der Waals surface area contributed by atoms with Crippen LogP contribution in [0.1, 0.15) is 48.7 Å². The van der Waals surface area contributed by atoms with E-state index in [-0.39, 0.29) is 5.82 Å². The molecule has 138 valence electrons. The molecule has 0 bridgehead atoms. The number of hydrogen-bond acceptors (Lipinski definition) is 6. The average Bonchev–Trinajstić information content (AvgIpc) is 3.15. The SMILES string of the molecule is NC1CCC(c2nc(Cc3ccc(F)cc3)c3[nH]cnc3n2)CC1.NN. The molecule has 8 heteroatoms. The molecule has 2 aromatic heterocycles. The monoisotopic (exact) mass is 357 g/mol. The summed E-state index contributed by atoms with van der Waals surface area (Å²) in [4.78, 5) is 16.9. The molecular formula is C18H24FN7. The second kappa shape index (κ2) is 8.31. The van der Waals surface area contributed by atoms with Crippen LogP contribution < -0.4 is 17.4 Å². The number of benzene rings is 1. The molecule has 0 atom stereocenters. The molecule has 1 fully saturated rings. The van der Waals surface area contributed by atoms with Crippen LogP contribution in [0.3, 0.4) is 0 Å². The van der Waals surface area contributed by atoms with Crippen LogP contribution in [0.15, 0.2) is 30.6 Å². The van der Waals surface area contributed by atoms with Crippen molar-refractivity contribution in [1.29, 1.82) is 0 Å². The number of hydrogen-bond donors (Lipinski definition) is 4. The lowest BCUT2D eigenvalue weighted by atomic mass is 9.86. The fourth-order valence-electron chi connectivity index (χ4n) is 3.40. The van der Waals surface area contributed by atoms with Gasteiger partial charge in [0.2, 0.25) is 0 Å². The summed E-state index contributed by atoms with van der Waals surface area (Å²) in [6, 6.07) is 6.83. The highest BCUT2D eigenvalue weighted by molar-refractivity contribution is 5.73. The Hall–Kier alpha value is -2.42. The maximum atomic E-state index is 13.1. The van der Waals surface area contributed by atoms with E-state index < -0.39 is 0 Å². The van der Waals surface area contributed by atoms with Crippen LogP contribution in [0.25, 0.3) is 11.2 Å². The molecule has 0 saturated heterocycles. The van der Waals surface area contributed by atoms with E-state index in [9.17, 15) is 4.39 Å². The summed E-state index contributed by atoms with van der Waals surface area (Å²) in [5.74, 6) is 8.98. The Balaban J connectivity index is 0.000000948. The molecule has 0 amide bonds. The summed E-state index contributed by atoms with van der Waals surface area (Å²) < 4.78 is 13.1. The van der Waals surface area contributed by atoms with Gasteiger partial charge in [-0.2, -0.15) is 0 Å². The van der Waals surface area contributed by atoms with Crippen molar-refractivity contribution < 1.29 is 4.39 Å². The summed E-state index contributed by atoms with van der Waals surface area (Å²) in [7, 11) is 0. The van der Waals surface area contributed by atoms with Gasteiger partial charge in [-0.3, -0.25) is 11.7 Å². The third-order valence-corrected chi connectivity index (χ3v) is 4.80. The first-order valence-electron chi connectivity index (χ1n) is 8.72. The summed E-state index contributed by atoms with van der Waals surface area (Å²) in [6.45, 7) is 0. The van der Waals surface area contributed by atoms with Gasteiger partial charge in [-0.1, -0.05) is 12.1 Å². The van der Waals surface area contributed by atoms with Crippen molar-refractivity contribution in [2.24, 2.45) is 17.4 Å². The van der Waals surface area contributed by atoms with Crippen molar-refractivity contribution in [3.63, 3.8) is 0 Å². The summed E-state index contributed by atoms with van der Waals surface area (Å²) in [5, 5.41) is 0. The van der Waals surface area contributed by atoms with Gasteiger partial charge in [-0.15, -0.1) is 0 Å². The fraction of sp³-hybridized carbons (Fsp3) is 0.389. The van der Waals surface area contributed by atoms with Gasteiger partial charge in [0, 0.05) is 18.4 Å². The molecule has 0 radical (unpaired) electrons. The number of halogens is 1. The van der Waals surface area contributed by atoms with E-state index >= 15 is 0 Å². The zero-order valence-corrected chi connectivity index (χ0v) is 14.5. The Kier molecular flexibility index (Phi) is 5.87. The van der Waals surface area contributed by atoms with Gasteiger partial charge < -0.3 is 10.7 Å². The van der Waals surface area contributed by atoms with Crippen molar-refractivity contribution >= 4 is 11.2 Å². The second-order valence-electron chi connectivity index (χ2n) is 6.54. The highest BCUT2D eigenvalue weighted by Crippen LogP contribution is 2.31. The van der Waals surface area contributed by atoms with Gasteiger partial charge in [0.1, 0.15) is 17.2 Å². The van der Waals surface area contributed by atoms with E-state index in [1.807, 2.05) is 0 Å². The first-order valence-corrected chi connectivity index (χ1v) is 8.72. The molecule has 26 heavy (non-hydrogen) atoms. The summed E-state index contributed by atoms with van der Waals surface area (Å²) in [6.07, 6.45) is 6.34. The summed E-state index contributed by atoms with van der Waals surface area (Å²) >= 11 is 0. The lowest BCUT2D eigenvalue weighted by Gasteiger charge is -2.25. The van der Waals surface area contributed by atoms with Crippen LogP contribution in [0.5, 0.6) is 0 Å². The van der Waals surface area contributed by atoms with Gasteiger partial charge in [0.15, 0.2) is 5.65 Å². The van der Waals surface area contributed by atoms with Crippen molar-refractivity contribution in [3.05, 3.63) is 53.5 Å². The minimum Gasteiger partial charge on any atom is -0.342 e. The molecule has 0 unspecified atom stereocenters. The van der Waals surface area contributed by atoms with Crippen LogP contribution in [0.4, 0.5) is 4.39 Å². The molecule has 3 aromatic rings. The second-order valence-corrected chi connectivity index (χ2v) is 6.54. The Morgan fingerprint density at radius 2 is 1.73 bits per heavy atom. The van der Waals surface area contributed by atoms with Crippen molar-refractivity contribution in [3.8, 4) is 0 Å². The number of H-pyrrole nitrogens is 1. The summed E-state index contributed by atoms with van der Waals surface area (Å²) in [5.41, 5.74) is 9.49. The van der Waals surface area contributed by atoms with Gasteiger partial charge in [-0.05, 0) is 43.4 Å². The van der Waals surface area contributed by atoms with Crippen LogP contribution in [-0.4, -0.2) is 26.0 Å². The highest BCUT2D eigenvalue weighted by atomic mass is 19.1. The van der Waals surface area contributed by atoms with Gasteiger partial charge in [0.25, 0.3) is 0 Å². The standard InChI is InChI=1S/C18H20FN5.H4N2/c19-13-5-1-11(2-6-13)9-15-16-18(22-10-21-16)24-17(23-15)12-3-7-14(20)8-4-12;1-2/h1-2,5-6,10,12,14H,3-4,7-9,20H2,(H,21,22,23,24);1-2H2. The number of hydrazine groups is 1. The number of fused-ring (bicyclic) bond motifs is 1. The highest BCUT2D eigenvalue weighted by Gasteiger charge is 2.23. The molecule has 2 heterocycles. The number of aromatic amines is 1. The smallest absolute Gasteiger partial charge is 0.181 e. The zero-order valence-electron chi connectivity index (χ0n) is 14.5. The predicted molar refractivity (Wildman–Crippen MR) is 98.4 cm³/mol. The van der Waals surface area contributed by atoms with E-state index in [1.165, 1.54) is 12.1 Å². The molecule has 0 spiro atoms. The third-order valence-electron chi connectivity index (χ3n) is 4.80. The van der Waals surface area contributed by atoms with Crippen LogP contribution >= 0.6 is 0 Å². The normalized spacial score (nSPS) is 19.8. The maximum absolute atomic E-state index is 13.1. The molecule has 1 aliphatic rings. The van der Waals surface area contributed by atoms with Crippen molar-refractivity contribution in [2.75, 3.05) is 0 Å². The molecule has 7 nitrogen and oxygen atoms in total. The number of rotatable bonds is 3. The largest absolute Gasteiger partial charge is 0.342 e. The third kappa shape index (κ3) is 4.04. The first-order chi connectivity index (χ1) is 12.7. The van der Waals surface area contributed by atoms with Gasteiger partial charge in [-0.25, -0.2) is 19.3 Å². The lowest BCUT2D eigenvalue weighted by molar-refractivity contribution is 0.385. The maximum Gasteiger partial charge on any atom is 0.181 e. The number of nitrogens with two attached hydrogens (primary N) is 3. The van der Waals surface area contributed by atoms with E-state index in [0.29, 0.717) is 24.0 Å². The molecule has 1 saturated carbocycles. The number of aromatic nitrogens is 4. The molecule has 4 rings (SSSR count). The average molecular weight is 357 g/mol. The Labute approximate surface area is 151 Å². The quantitative estimate of drug-likeness (QED) is 0.418. The van der Waals surface area contributed by atoms with Crippen molar-refractivity contribution in [2.45, 2.75) is 44.1 Å². The number of imidazole rings is 1. The van der Waals surface area contributed by atoms with E-state index in [2.05, 4.69) is 26.6 Å². The molecule has 0 aliphatic heterocycles. The predicted octanol–water partition coefficient (Wildman–Crippen LogP) is 1.89. The number of nitrogens with one attached hydrogen (secondary N) is 1. The van der Waals surface area contributed by atoms with Gasteiger partial charge in [0.05, 0.1) is 12.0 Å². The van der Waals surface area contributed by atoms with E-state index in [4.69, 9.17) is 10.7 Å². The minimum atomic E-state index is -0.229. The van der Waals surface area contributed by atoms with Crippen LogP contribution in [-0.2, 0) is 6.42 Å². The topological polar surface area (TPSA) is 133 Å². The lowest BCUT2D eigenvalue weighted by Crippen LogP contribution is -2.26. The Morgan fingerprint density at radius 3 is 2.42 bits per heavy atom. The zero-order chi connectivity index (χ0) is 18.5. The van der Waals surface area contributed by atoms with Crippen molar-refractivity contribution in [1.82, 2.24) is 19.9 Å².